The molecule has 1 rings (SSSR count). The molecule has 0 atom stereocenters. The highest BCUT2D eigenvalue weighted by Gasteiger charge is 2.13. The smallest absolute Gasteiger partial charge is 0.341 e. The first kappa shape index (κ1) is 17.8. The lowest BCUT2D eigenvalue weighted by Gasteiger charge is -2.08. The van der Waals surface area contributed by atoms with Gasteiger partial charge in [-0.05, 0) is 49.1 Å². The van der Waals surface area contributed by atoms with Crippen LogP contribution in [-0.2, 0) is 14.8 Å². The third kappa shape index (κ3) is 6.83. The molecule has 0 aliphatic rings. The molecule has 0 fully saturated rings. The second-order valence-corrected chi connectivity index (χ2v) is 7.00. The van der Waals surface area contributed by atoms with Gasteiger partial charge in [-0.2, -0.15) is 11.8 Å². The summed E-state index contributed by atoms with van der Waals surface area (Å²) in [5.41, 5.74) is 0. The van der Waals surface area contributed by atoms with Crippen molar-refractivity contribution in [1.29, 1.82) is 0 Å². The van der Waals surface area contributed by atoms with E-state index in [0.29, 0.717) is 12.3 Å². The molecule has 6 nitrogen and oxygen atoms in total. The first-order chi connectivity index (χ1) is 9.95. The van der Waals surface area contributed by atoms with E-state index in [9.17, 15) is 13.2 Å². The minimum absolute atomic E-state index is 0.134. The van der Waals surface area contributed by atoms with Gasteiger partial charge in [-0.1, -0.05) is 0 Å². The van der Waals surface area contributed by atoms with Crippen molar-refractivity contribution >= 4 is 27.8 Å². The minimum Gasteiger partial charge on any atom is -0.482 e. The van der Waals surface area contributed by atoms with Crippen molar-refractivity contribution in [3.8, 4) is 5.75 Å². The molecule has 0 bridgehead atoms. The van der Waals surface area contributed by atoms with Crippen LogP contribution in [0.3, 0.4) is 0 Å². The van der Waals surface area contributed by atoms with E-state index in [0.717, 1.165) is 18.6 Å². The number of sulfonamides is 1. The van der Waals surface area contributed by atoms with Crippen molar-refractivity contribution < 1.29 is 23.1 Å². The predicted octanol–water partition coefficient (Wildman–Crippen LogP) is 1.57. The van der Waals surface area contributed by atoms with Crippen LogP contribution in [0.25, 0.3) is 0 Å². The van der Waals surface area contributed by atoms with E-state index >= 15 is 0 Å². The van der Waals surface area contributed by atoms with Crippen LogP contribution in [0.2, 0.25) is 0 Å². The van der Waals surface area contributed by atoms with E-state index < -0.39 is 22.6 Å². The van der Waals surface area contributed by atoms with Crippen LogP contribution in [0.5, 0.6) is 5.75 Å². The fraction of sp³-hybridized carbons (Fsp3) is 0.462. The van der Waals surface area contributed by atoms with Gasteiger partial charge in [-0.25, -0.2) is 17.9 Å². The third-order valence-corrected chi connectivity index (χ3v) is 4.74. The van der Waals surface area contributed by atoms with Crippen LogP contribution < -0.4 is 9.46 Å². The summed E-state index contributed by atoms with van der Waals surface area (Å²) in [4.78, 5) is 10.5. The fourth-order valence-corrected chi connectivity index (χ4v) is 3.09. The Morgan fingerprint density at radius 1 is 1.29 bits per heavy atom. The molecule has 0 saturated carbocycles. The van der Waals surface area contributed by atoms with Crippen LogP contribution in [0.1, 0.15) is 12.8 Å². The van der Waals surface area contributed by atoms with Gasteiger partial charge in [0.1, 0.15) is 5.75 Å². The number of carboxylic acids is 1. The van der Waals surface area contributed by atoms with Crippen molar-refractivity contribution in [3.63, 3.8) is 0 Å². The van der Waals surface area contributed by atoms with Crippen molar-refractivity contribution in [1.82, 2.24) is 4.72 Å². The van der Waals surface area contributed by atoms with Crippen LogP contribution in [0, 0.1) is 0 Å². The Bertz CT molecular complexity index is 542. The van der Waals surface area contributed by atoms with Gasteiger partial charge in [-0.3, -0.25) is 0 Å². The Morgan fingerprint density at radius 3 is 2.52 bits per heavy atom. The maximum absolute atomic E-state index is 12.0. The number of ether oxygens (including phenoxy) is 1. The van der Waals surface area contributed by atoms with Gasteiger partial charge in [-0.15, -0.1) is 0 Å². The minimum atomic E-state index is -3.52. The average Bonchev–Trinajstić information content (AvgIpc) is 2.45. The van der Waals surface area contributed by atoms with Crippen molar-refractivity contribution in [2.24, 2.45) is 0 Å². The van der Waals surface area contributed by atoms with E-state index in [1.807, 2.05) is 6.26 Å². The van der Waals surface area contributed by atoms with Crippen LogP contribution in [0.15, 0.2) is 29.2 Å². The molecule has 1 aromatic carbocycles. The zero-order valence-corrected chi connectivity index (χ0v) is 13.4. The summed E-state index contributed by atoms with van der Waals surface area (Å²) < 4.78 is 31.5. The van der Waals surface area contributed by atoms with Gasteiger partial charge in [0.2, 0.25) is 10.0 Å². The lowest BCUT2D eigenvalue weighted by atomic mass is 10.3. The molecular formula is C13H19NO5S2. The highest BCUT2D eigenvalue weighted by molar-refractivity contribution is 7.98. The predicted molar refractivity (Wildman–Crippen MR) is 82.4 cm³/mol. The number of carboxylic acid groups (broad SMARTS) is 1. The Hall–Kier alpha value is -1.25. The fourth-order valence-electron chi connectivity index (χ4n) is 1.52. The molecule has 2 N–H and O–H groups in total. The molecule has 8 heteroatoms. The van der Waals surface area contributed by atoms with Gasteiger partial charge in [0.15, 0.2) is 6.61 Å². The van der Waals surface area contributed by atoms with Crippen LogP contribution in [0.4, 0.5) is 0 Å². The molecular weight excluding hydrogens is 314 g/mol. The maximum Gasteiger partial charge on any atom is 0.341 e. The molecule has 0 aliphatic heterocycles. The number of nitrogens with one attached hydrogen (secondary N) is 1. The largest absolute Gasteiger partial charge is 0.482 e. The van der Waals surface area contributed by atoms with Crippen molar-refractivity contribution in [2.75, 3.05) is 25.2 Å². The third-order valence-electron chi connectivity index (χ3n) is 2.56. The molecule has 118 valence electrons. The number of rotatable bonds is 10. The van der Waals surface area contributed by atoms with E-state index in [2.05, 4.69) is 4.72 Å². The monoisotopic (exact) mass is 333 g/mol. The molecule has 0 radical (unpaired) electrons. The molecule has 0 saturated heterocycles. The first-order valence-corrected chi connectivity index (χ1v) is 9.26. The molecule has 21 heavy (non-hydrogen) atoms. The second kappa shape index (κ2) is 8.91. The summed E-state index contributed by atoms with van der Waals surface area (Å²) in [6.45, 7) is -0.0556. The highest BCUT2D eigenvalue weighted by atomic mass is 32.2. The van der Waals surface area contributed by atoms with Gasteiger partial charge in [0.05, 0.1) is 4.90 Å². The Morgan fingerprint density at radius 2 is 1.95 bits per heavy atom. The van der Waals surface area contributed by atoms with Crippen LogP contribution >= 0.6 is 11.8 Å². The topological polar surface area (TPSA) is 92.7 Å². The number of hydrogen-bond acceptors (Lipinski definition) is 5. The summed E-state index contributed by atoms with van der Waals surface area (Å²) in [6.07, 6.45) is 3.77. The number of carbonyl (C=O) groups is 1. The van der Waals surface area contributed by atoms with Crippen molar-refractivity contribution in [3.05, 3.63) is 24.3 Å². The quantitative estimate of drug-likeness (QED) is 0.631. The Balaban J connectivity index is 2.52. The number of unbranched alkanes of at least 4 members (excludes halogenated alkanes) is 1. The van der Waals surface area contributed by atoms with Crippen molar-refractivity contribution in [2.45, 2.75) is 17.7 Å². The van der Waals surface area contributed by atoms with E-state index in [1.165, 1.54) is 24.3 Å². The summed E-state index contributed by atoms with van der Waals surface area (Å²) in [6, 6.07) is 5.65. The number of benzene rings is 1. The molecule has 0 unspecified atom stereocenters. The van der Waals surface area contributed by atoms with E-state index in [-0.39, 0.29) is 4.90 Å². The maximum atomic E-state index is 12.0. The molecule has 0 amide bonds. The van der Waals surface area contributed by atoms with Gasteiger partial charge in [0, 0.05) is 6.54 Å². The van der Waals surface area contributed by atoms with E-state index in [4.69, 9.17) is 9.84 Å². The number of thioether (sulfide) groups is 1. The second-order valence-electron chi connectivity index (χ2n) is 4.25. The lowest BCUT2D eigenvalue weighted by molar-refractivity contribution is -0.139. The first-order valence-electron chi connectivity index (χ1n) is 6.39. The average molecular weight is 333 g/mol. The molecule has 0 aliphatic carbocycles. The Kier molecular flexibility index (Phi) is 7.55. The number of aliphatic carboxylic acids is 1. The SMILES string of the molecule is CSCCCCNS(=O)(=O)c1ccc(OCC(=O)O)cc1. The number of hydrogen-bond donors (Lipinski definition) is 2. The van der Waals surface area contributed by atoms with E-state index in [1.54, 1.807) is 11.8 Å². The zero-order valence-electron chi connectivity index (χ0n) is 11.7. The Labute approximate surface area is 128 Å². The normalized spacial score (nSPS) is 11.3. The molecule has 0 spiro atoms. The standard InChI is InChI=1S/C13H19NO5S2/c1-20-9-3-2-8-14-21(17,18)12-6-4-11(5-7-12)19-10-13(15)16/h4-7,14H,2-3,8-10H2,1H3,(H,15,16). The highest BCUT2D eigenvalue weighted by Crippen LogP contribution is 2.15. The van der Waals surface area contributed by atoms with Crippen LogP contribution in [-0.4, -0.2) is 44.7 Å². The van der Waals surface area contributed by atoms with Gasteiger partial charge < -0.3 is 9.84 Å². The summed E-state index contributed by atoms with van der Waals surface area (Å²) >= 11 is 1.73. The summed E-state index contributed by atoms with van der Waals surface area (Å²) in [5, 5.41) is 8.48. The van der Waals surface area contributed by atoms with Gasteiger partial charge in [0.25, 0.3) is 0 Å². The lowest BCUT2D eigenvalue weighted by Crippen LogP contribution is -2.24. The molecule has 0 heterocycles. The molecule has 1 aromatic rings. The summed E-state index contributed by atoms with van der Waals surface area (Å²) in [5.74, 6) is 0.243. The molecule has 0 aromatic heterocycles. The summed E-state index contributed by atoms with van der Waals surface area (Å²) in [7, 11) is -3.52. The van der Waals surface area contributed by atoms with Gasteiger partial charge >= 0.3 is 5.97 Å². The zero-order chi connectivity index (χ0) is 15.7.